The number of carbonyl (C=O) groups excluding carboxylic acids is 1. The number of anilines is 1. The number of nitrogens with zero attached hydrogens (tertiary/aromatic N) is 3. The number of halogens is 3. The molecule has 130 valence electrons. The number of hydrogen-bond donors (Lipinski definition) is 1. The highest BCUT2D eigenvalue weighted by atomic mass is 35.5. The lowest BCUT2D eigenvalue weighted by molar-refractivity contribution is 0.1000. The average molecular weight is 365 g/mol. The molecular weight excluding hydrogens is 350 g/mol. The molecule has 0 spiro atoms. The Morgan fingerprint density at radius 3 is 2.52 bits per heavy atom. The molecule has 3 rings (SSSR count). The lowest BCUT2D eigenvalue weighted by Gasteiger charge is -2.30. The van der Waals surface area contributed by atoms with Crippen molar-refractivity contribution in [2.45, 2.75) is 12.8 Å². The summed E-state index contributed by atoms with van der Waals surface area (Å²) in [6, 6.07) is 5.22. The van der Waals surface area contributed by atoms with Crippen LogP contribution in [0.3, 0.4) is 0 Å². The third-order valence-corrected chi connectivity index (χ3v) is 4.21. The molecule has 0 unspecified atom stereocenters. The Morgan fingerprint density at radius 1 is 1.16 bits per heavy atom. The van der Waals surface area contributed by atoms with Gasteiger partial charge in [0, 0.05) is 13.1 Å². The van der Waals surface area contributed by atoms with Crippen LogP contribution in [0.5, 0.6) is 0 Å². The van der Waals surface area contributed by atoms with Crippen molar-refractivity contribution in [3.8, 4) is 0 Å². The quantitative estimate of drug-likeness (QED) is 0.907. The fraction of sp³-hybridized carbons (Fsp3) is 0.235. The summed E-state index contributed by atoms with van der Waals surface area (Å²) in [6.07, 6.45) is 3.24. The fourth-order valence-electron chi connectivity index (χ4n) is 2.76. The van der Waals surface area contributed by atoms with E-state index < -0.39 is 17.5 Å². The second kappa shape index (κ2) is 7.14. The largest absolute Gasteiger partial charge is 0.365 e. The van der Waals surface area contributed by atoms with Crippen LogP contribution in [-0.2, 0) is 0 Å². The maximum atomic E-state index is 13.3. The van der Waals surface area contributed by atoms with Crippen LogP contribution in [0.25, 0.3) is 6.08 Å². The molecule has 1 aromatic heterocycles. The highest BCUT2D eigenvalue weighted by Crippen LogP contribution is 2.26. The van der Waals surface area contributed by atoms with E-state index in [4.69, 9.17) is 17.3 Å². The summed E-state index contributed by atoms with van der Waals surface area (Å²) >= 11 is 5.77. The van der Waals surface area contributed by atoms with Gasteiger partial charge in [-0.3, -0.25) is 4.79 Å². The van der Waals surface area contributed by atoms with Crippen LogP contribution in [-0.4, -0.2) is 29.2 Å². The van der Waals surface area contributed by atoms with E-state index >= 15 is 0 Å². The lowest BCUT2D eigenvalue weighted by Crippen LogP contribution is -2.33. The Labute approximate surface area is 148 Å². The average Bonchev–Trinajstić information content (AvgIpc) is 2.59. The number of hydrogen-bond acceptors (Lipinski definition) is 4. The van der Waals surface area contributed by atoms with E-state index in [1.165, 1.54) is 18.2 Å². The van der Waals surface area contributed by atoms with Crippen LogP contribution in [0.1, 0.15) is 28.8 Å². The number of aromatic nitrogens is 2. The second-order valence-corrected chi connectivity index (χ2v) is 6.12. The molecule has 0 atom stereocenters. The van der Waals surface area contributed by atoms with Gasteiger partial charge in [-0.2, -0.15) is 0 Å². The maximum Gasteiger partial charge on any atom is 0.252 e. The van der Waals surface area contributed by atoms with Gasteiger partial charge in [-0.05, 0) is 36.6 Å². The van der Waals surface area contributed by atoms with Gasteiger partial charge in [-0.1, -0.05) is 29.3 Å². The first-order valence-electron chi connectivity index (χ1n) is 7.66. The Kier molecular flexibility index (Phi) is 4.94. The van der Waals surface area contributed by atoms with Crippen molar-refractivity contribution in [3.05, 3.63) is 57.8 Å². The smallest absolute Gasteiger partial charge is 0.252 e. The predicted molar refractivity (Wildman–Crippen MR) is 91.3 cm³/mol. The number of amides is 1. The summed E-state index contributed by atoms with van der Waals surface area (Å²) in [5.74, 6) is -1.94. The molecule has 0 bridgehead atoms. The highest BCUT2D eigenvalue weighted by Gasteiger charge is 2.21. The zero-order chi connectivity index (χ0) is 18.0. The van der Waals surface area contributed by atoms with Crippen molar-refractivity contribution in [2.24, 2.45) is 5.73 Å². The standard InChI is InChI=1S/C17H15ClF2N4O/c18-15-9-12(16(21)25)17(23-22-15)24-5-3-10(4-6-24)7-11-1-2-13(19)14(20)8-11/h1-2,7-9H,3-6H2,(H2,21,25). The predicted octanol–water partition coefficient (Wildman–Crippen LogP) is 3.19. The van der Waals surface area contributed by atoms with Crippen molar-refractivity contribution in [3.63, 3.8) is 0 Å². The number of rotatable bonds is 3. The molecule has 25 heavy (non-hydrogen) atoms. The van der Waals surface area contributed by atoms with Crippen molar-refractivity contribution < 1.29 is 13.6 Å². The Balaban J connectivity index is 1.75. The van der Waals surface area contributed by atoms with E-state index in [1.54, 1.807) is 0 Å². The number of primary amides is 1. The monoisotopic (exact) mass is 364 g/mol. The first-order valence-corrected chi connectivity index (χ1v) is 8.04. The van der Waals surface area contributed by atoms with Crippen molar-refractivity contribution >= 4 is 29.4 Å². The molecule has 2 heterocycles. The minimum absolute atomic E-state index is 0.105. The first kappa shape index (κ1) is 17.3. The Hall–Kier alpha value is -2.54. The van der Waals surface area contributed by atoms with Crippen molar-refractivity contribution in [1.29, 1.82) is 0 Å². The van der Waals surface area contributed by atoms with Gasteiger partial charge in [0.25, 0.3) is 5.91 Å². The topological polar surface area (TPSA) is 72.1 Å². The summed E-state index contributed by atoms with van der Waals surface area (Å²) in [7, 11) is 0. The molecule has 1 aliphatic rings. The van der Waals surface area contributed by atoms with E-state index in [0.29, 0.717) is 37.3 Å². The first-order chi connectivity index (χ1) is 11.9. The van der Waals surface area contributed by atoms with Gasteiger partial charge in [0.05, 0.1) is 5.56 Å². The highest BCUT2D eigenvalue weighted by molar-refractivity contribution is 6.29. The van der Waals surface area contributed by atoms with E-state index in [1.807, 2.05) is 11.0 Å². The van der Waals surface area contributed by atoms with E-state index in [2.05, 4.69) is 10.2 Å². The molecule has 2 N–H and O–H groups in total. The molecule has 0 aliphatic carbocycles. The van der Waals surface area contributed by atoms with Gasteiger partial charge in [0.15, 0.2) is 22.6 Å². The lowest BCUT2D eigenvalue weighted by atomic mass is 10.0. The Bertz CT molecular complexity index is 847. The molecule has 8 heteroatoms. The number of carbonyl (C=O) groups is 1. The van der Waals surface area contributed by atoms with Gasteiger partial charge in [-0.25, -0.2) is 8.78 Å². The zero-order valence-electron chi connectivity index (χ0n) is 13.2. The summed E-state index contributed by atoms with van der Waals surface area (Å²) in [5.41, 5.74) is 7.32. The zero-order valence-corrected chi connectivity index (χ0v) is 13.9. The van der Waals surface area contributed by atoms with E-state index in [-0.39, 0.29) is 10.7 Å². The minimum atomic E-state index is -0.866. The molecule has 1 aromatic carbocycles. The number of piperidine rings is 1. The number of nitrogens with two attached hydrogens (primary N) is 1. The normalized spacial score (nSPS) is 14.5. The molecule has 5 nitrogen and oxygen atoms in total. The molecule has 0 radical (unpaired) electrons. The molecule has 1 saturated heterocycles. The summed E-state index contributed by atoms with van der Waals surface area (Å²) in [4.78, 5) is 13.5. The third kappa shape index (κ3) is 3.93. The molecule has 2 aromatic rings. The third-order valence-electron chi connectivity index (χ3n) is 4.03. The van der Waals surface area contributed by atoms with Gasteiger partial charge in [0.1, 0.15) is 0 Å². The molecular formula is C17H15ClF2N4O. The van der Waals surface area contributed by atoms with Crippen LogP contribution in [0.2, 0.25) is 5.15 Å². The van der Waals surface area contributed by atoms with Gasteiger partial charge in [-0.15, -0.1) is 10.2 Å². The van der Waals surface area contributed by atoms with Gasteiger partial charge < -0.3 is 10.6 Å². The fourth-order valence-corrected chi connectivity index (χ4v) is 2.91. The summed E-state index contributed by atoms with van der Waals surface area (Å²) in [6.45, 7) is 1.21. The van der Waals surface area contributed by atoms with Crippen LogP contribution < -0.4 is 10.6 Å². The maximum absolute atomic E-state index is 13.3. The Morgan fingerprint density at radius 2 is 1.88 bits per heavy atom. The molecule has 1 aliphatic heterocycles. The van der Waals surface area contributed by atoms with E-state index in [9.17, 15) is 13.6 Å². The minimum Gasteiger partial charge on any atom is -0.365 e. The molecule has 0 saturated carbocycles. The van der Waals surface area contributed by atoms with E-state index in [0.717, 1.165) is 11.6 Å². The summed E-state index contributed by atoms with van der Waals surface area (Å²) in [5, 5.41) is 7.87. The van der Waals surface area contributed by atoms with Crippen LogP contribution in [0, 0.1) is 11.6 Å². The number of benzene rings is 1. The second-order valence-electron chi connectivity index (χ2n) is 5.73. The van der Waals surface area contributed by atoms with Crippen LogP contribution in [0.4, 0.5) is 14.6 Å². The van der Waals surface area contributed by atoms with Gasteiger partial charge in [0.2, 0.25) is 0 Å². The summed E-state index contributed by atoms with van der Waals surface area (Å²) < 4.78 is 26.3. The SMILES string of the molecule is NC(=O)c1cc(Cl)nnc1N1CCC(=Cc2ccc(F)c(F)c2)CC1. The van der Waals surface area contributed by atoms with Crippen LogP contribution >= 0.6 is 11.6 Å². The molecule has 1 fully saturated rings. The van der Waals surface area contributed by atoms with Crippen LogP contribution in [0.15, 0.2) is 29.8 Å². The molecule has 1 amide bonds. The van der Waals surface area contributed by atoms with Crippen molar-refractivity contribution in [1.82, 2.24) is 10.2 Å². The van der Waals surface area contributed by atoms with Gasteiger partial charge >= 0.3 is 0 Å². The van der Waals surface area contributed by atoms with Crippen molar-refractivity contribution in [2.75, 3.05) is 18.0 Å².